The number of hydrogen-bond acceptors (Lipinski definition) is 2. The van der Waals surface area contributed by atoms with Gasteiger partial charge in [0, 0.05) is 18.4 Å². The van der Waals surface area contributed by atoms with Crippen molar-refractivity contribution in [2.45, 2.75) is 51.6 Å². The number of ketones is 1. The van der Waals surface area contributed by atoms with Gasteiger partial charge >= 0.3 is 0 Å². The van der Waals surface area contributed by atoms with E-state index in [1.165, 1.54) is 25.7 Å². The van der Waals surface area contributed by atoms with Gasteiger partial charge in [0.1, 0.15) is 5.78 Å². The molecule has 0 radical (unpaired) electrons. The molecule has 0 aromatic heterocycles. The predicted octanol–water partition coefficient (Wildman–Crippen LogP) is 2.56. The zero-order valence-electron chi connectivity index (χ0n) is 9.50. The van der Waals surface area contributed by atoms with Gasteiger partial charge in [0.15, 0.2) is 0 Å². The largest absolute Gasteiger partial charge is 0.378 e. The van der Waals surface area contributed by atoms with E-state index in [-0.39, 0.29) is 11.5 Å². The third-order valence-corrected chi connectivity index (χ3v) is 4.91. The Bertz CT molecular complexity index is 286. The Balaban J connectivity index is 1.75. The van der Waals surface area contributed by atoms with E-state index in [4.69, 9.17) is 4.74 Å². The number of hydrogen-bond donors (Lipinski definition) is 0. The summed E-state index contributed by atoms with van der Waals surface area (Å²) in [5.74, 6) is 1.96. The first-order valence-electron chi connectivity index (χ1n) is 6.44. The van der Waals surface area contributed by atoms with Gasteiger partial charge in [-0.1, -0.05) is 12.8 Å². The van der Waals surface area contributed by atoms with Crippen molar-refractivity contribution in [1.82, 2.24) is 0 Å². The number of ether oxygens (including phenoxy) is 1. The van der Waals surface area contributed by atoms with Gasteiger partial charge in [-0.25, -0.2) is 0 Å². The smallest absolute Gasteiger partial charge is 0.142 e. The monoisotopic (exact) mass is 208 g/mol. The van der Waals surface area contributed by atoms with E-state index in [0.717, 1.165) is 18.9 Å². The minimum atomic E-state index is 0.159. The normalized spacial score (nSPS) is 48.3. The SMILES string of the molecule is CCO[C@H]1CC(=O)[C@@]23CCCC[C@@H]2[C@H]3C1. The molecule has 2 nitrogen and oxygen atoms in total. The summed E-state index contributed by atoms with van der Waals surface area (Å²) in [5.41, 5.74) is 0.159. The second-order valence-electron chi connectivity index (χ2n) is 5.44. The van der Waals surface area contributed by atoms with Crippen LogP contribution in [0.3, 0.4) is 0 Å². The Morgan fingerprint density at radius 2 is 2.27 bits per heavy atom. The maximum Gasteiger partial charge on any atom is 0.142 e. The molecule has 0 saturated heterocycles. The summed E-state index contributed by atoms with van der Waals surface area (Å²) < 4.78 is 5.63. The Morgan fingerprint density at radius 1 is 1.40 bits per heavy atom. The van der Waals surface area contributed by atoms with Crippen LogP contribution in [0.2, 0.25) is 0 Å². The molecular formula is C13H20O2. The summed E-state index contributed by atoms with van der Waals surface area (Å²) in [6.45, 7) is 2.77. The van der Waals surface area contributed by atoms with Crippen LogP contribution in [0.1, 0.15) is 45.4 Å². The topological polar surface area (TPSA) is 26.3 Å². The summed E-state index contributed by atoms with van der Waals surface area (Å²) in [6, 6.07) is 0. The van der Waals surface area contributed by atoms with Crippen molar-refractivity contribution >= 4 is 5.78 Å². The maximum absolute atomic E-state index is 12.2. The first-order chi connectivity index (χ1) is 7.29. The zero-order chi connectivity index (χ0) is 10.5. The molecule has 0 aliphatic heterocycles. The molecular weight excluding hydrogens is 188 g/mol. The Hall–Kier alpha value is -0.370. The van der Waals surface area contributed by atoms with Crippen molar-refractivity contribution < 1.29 is 9.53 Å². The van der Waals surface area contributed by atoms with Crippen LogP contribution in [0.25, 0.3) is 0 Å². The van der Waals surface area contributed by atoms with E-state index >= 15 is 0 Å². The van der Waals surface area contributed by atoms with Crippen LogP contribution in [0.5, 0.6) is 0 Å². The maximum atomic E-state index is 12.2. The first kappa shape index (κ1) is 9.83. The first-order valence-corrected chi connectivity index (χ1v) is 6.44. The molecule has 3 fully saturated rings. The minimum Gasteiger partial charge on any atom is -0.378 e. The summed E-state index contributed by atoms with van der Waals surface area (Å²) in [4.78, 5) is 12.2. The van der Waals surface area contributed by atoms with Gasteiger partial charge in [0.25, 0.3) is 0 Å². The predicted molar refractivity (Wildman–Crippen MR) is 57.5 cm³/mol. The van der Waals surface area contributed by atoms with Crippen molar-refractivity contribution in [2.24, 2.45) is 17.3 Å². The van der Waals surface area contributed by atoms with Crippen molar-refractivity contribution in [3.05, 3.63) is 0 Å². The van der Waals surface area contributed by atoms with Crippen LogP contribution in [0.4, 0.5) is 0 Å². The number of carbonyl (C=O) groups is 1. The van der Waals surface area contributed by atoms with Crippen molar-refractivity contribution in [1.29, 1.82) is 0 Å². The second-order valence-corrected chi connectivity index (χ2v) is 5.44. The molecule has 0 aromatic rings. The van der Waals surface area contributed by atoms with Gasteiger partial charge in [-0.15, -0.1) is 0 Å². The molecule has 0 bridgehead atoms. The summed E-state index contributed by atoms with van der Waals surface area (Å²) in [5, 5.41) is 0. The highest BCUT2D eigenvalue weighted by Crippen LogP contribution is 2.70. The van der Waals surface area contributed by atoms with Gasteiger partial charge in [0.2, 0.25) is 0 Å². The molecule has 0 unspecified atom stereocenters. The van der Waals surface area contributed by atoms with Crippen LogP contribution in [-0.2, 0) is 9.53 Å². The lowest BCUT2D eigenvalue weighted by molar-refractivity contribution is -0.131. The van der Waals surface area contributed by atoms with Crippen molar-refractivity contribution in [3.8, 4) is 0 Å². The van der Waals surface area contributed by atoms with Gasteiger partial charge in [-0.05, 0) is 38.0 Å². The van der Waals surface area contributed by atoms with E-state index < -0.39 is 0 Å². The lowest BCUT2D eigenvalue weighted by Gasteiger charge is -2.28. The van der Waals surface area contributed by atoms with E-state index in [0.29, 0.717) is 18.1 Å². The van der Waals surface area contributed by atoms with Crippen LogP contribution in [-0.4, -0.2) is 18.5 Å². The van der Waals surface area contributed by atoms with Gasteiger partial charge in [-0.2, -0.15) is 0 Å². The fourth-order valence-corrected chi connectivity index (χ4v) is 4.27. The quantitative estimate of drug-likeness (QED) is 0.697. The highest BCUT2D eigenvalue weighted by molar-refractivity contribution is 5.90. The highest BCUT2D eigenvalue weighted by Gasteiger charge is 2.70. The number of fused-ring (bicyclic) bond motifs is 1. The average molecular weight is 208 g/mol. The Morgan fingerprint density at radius 3 is 3.07 bits per heavy atom. The zero-order valence-corrected chi connectivity index (χ0v) is 9.50. The molecule has 3 rings (SSSR count). The summed E-state index contributed by atoms with van der Waals surface area (Å²) >= 11 is 0. The van der Waals surface area contributed by atoms with E-state index in [2.05, 4.69) is 0 Å². The lowest BCUT2D eigenvalue weighted by Crippen LogP contribution is -2.32. The molecule has 0 amide bonds. The molecule has 0 N–H and O–H groups in total. The van der Waals surface area contributed by atoms with Crippen LogP contribution < -0.4 is 0 Å². The Labute approximate surface area is 91.4 Å². The third-order valence-electron chi connectivity index (χ3n) is 4.91. The van der Waals surface area contributed by atoms with Crippen LogP contribution in [0.15, 0.2) is 0 Å². The standard InChI is InChI=1S/C13H20O2/c1-2-15-9-7-11-10-5-3-4-6-13(10,11)12(14)8-9/h9-11H,2-8H2,1H3/t9-,10-,11-,13+/m1/s1. The number of Topliss-reactive ketones (excluding diaryl/α,β-unsaturated/α-hetero) is 1. The fourth-order valence-electron chi connectivity index (χ4n) is 4.27. The summed E-state index contributed by atoms with van der Waals surface area (Å²) in [7, 11) is 0. The van der Waals surface area contributed by atoms with Gasteiger partial charge < -0.3 is 4.74 Å². The molecule has 3 saturated carbocycles. The van der Waals surface area contributed by atoms with Crippen LogP contribution in [0, 0.1) is 17.3 Å². The fraction of sp³-hybridized carbons (Fsp3) is 0.923. The van der Waals surface area contributed by atoms with Crippen LogP contribution >= 0.6 is 0 Å². The molecule has 4 atom stereocenters. The molecule has 15 heavy (non-hydrogen) atoms. The highest BCUT2D eigenvalue weighted by atomic mass is 16.5. The molecule has 2 heteroatoms. The number of carbonyl (C=O) groups excluding carboxylic acids is 1. The van der Waals surface area contributed by atoms with E-state index in [9.17, 15) is 4.79 Å². The van der Waals surface area contributed by atoms with Crippen molar-refractivity contribution in [2.75, 3.05) is 6.61 Å². The van der Waals surface area contributed by atoms with Crippen molar-refractivity contribution in [3.63, 3.8) is 0 Å². The molecule has 84 valence electrons. The lowest BCUT2D eigenvalue weighted by atomic mass is 9.79. The summed E-state index contributed by atoms with van der Waals surface area (Å²) in [6.07, 6.45) is 7.19. The molecule has 0 heterocycles. The van der Waals surface area contributed by atoms with Gasteiger partial charge in [-0.3, -0.25) is 4.79 Å². The molecule has 3 aliphatic rings. The average Bonchev–Trinajstić information content (AvgIpc) is 2.89. The Kier molecular flexibility index (Phi) is 2.17. The minimum absolute atomic E-state index is 0.159. The number of rotatable bonds is 2. The van der Waals surface area contributed by atoms with E-state index in [1.807, 2.05) is 6.92 Å². The molecule has 3 aliphatic carbocycles. The molecule has 0 aromatic carbocycles. The van der Waals surface area contributed by atoms with E-state index in [1.54, 1.807) is 0 Å². The van der Waals surface area contributed by atoms with Gasteiger partial charge in [0.05, 0.1) is 6.10 Å². The molecule has 1 spiro atoms. The second kappa shape index (κ2) is 3.31. The third kappa shape index (κ3) is 1.24.